The smallest absolute Gasteiger partial charge is 0.101 e. The number of nitriles is 3. The third kappa shape index (κ3) is 4.69. The van der Waals surface area contributed by atoms with Crippen molar-refractivity contribution < 1.29 is 0 Å². The molecule has 6 heteroatoms. The van der Waals surface area contributed by atoms with E-state index < -0.39 is 0 Å². The fraction of sp³-hybridized carbons (Fsp3) is 0.222. The molecule has 0 saturated carbocycles. The van der Waals surface area contributed by atoms with Gasteiger partial charge in [-0.05, 0) is 60.5 Å². The summed E-state index contributed by atoms with van der Waals surface area (Å²) in [5, 5.41) is 28.8. The van der Waals surface area contributed by atoms with Crippen LogP contribution >= 0.6 is 11.6 Å². The lowest BCUT2D eigenvalue weighted by Crippen LogP contribution is -2.49. The maximum Gasteiger partial charge on any atom is 0.101 e. The molecule has 0 aliphatic carbocycles. The highest BCUT2D eigenvalue weighted by Crippen LogP contribution is 2.36. The number of piperazine rings is 1. The molecular weight excluding hydrogens is 430 g/mol. The fourth-order valence-electron chi connectivity index (χ4n) is 4.41. The average molecular weight is 452 g/mol. The van der Waals surface area contributed by atoms with Gasteiger partial charge in [0.2, 0.25) is 0 Å². The monoisotopic (exact) mass is 451 g/mol. The van der Waals surface area contributed by atoms with Gasteiger partial charge in [0.25, 0.3) is 0 Å². The molecule has 1 heterocycles. The van der Waals surface area contributed by atoms with E-state index in [2.05, 4.69) is 34.9 Å². The summed E-state index contributed by atoms with van der Waals surface area (Å²) in [6.45, 7) is 4.48. The summed E-state index contributed by atoms with van der Waals surface area (Å²) < 4.78 is 0. The van der Waals surface area contributed by atoms with Crippen LogP contribution in [-0.4, -0.2) is 24.5 Å². The van der Waals surface area contributed by atoms with E-state index in [1.807, 2.05) is 54.6 Å². The highest BCUT2D eigenvalue weighted by Gasteiger charge is 2.32. The Morgan fingerprint density at radius 2 is 1.52 bits per heavy atom. The molecule has 3 aromatic carbocycles. The van der Waals surface area contributed by atoms with Crippen LogP contribution in [0.2, 0.25) is 5.02 Å². The van der Waals surface area contributed by atoms with E-state index >= 15 is 0 Å². The van der Waals surface area contributed by atoms with Crippen molar-refractivity contribution >= 4 is 17.3 Å². The van der Waals surface area contributed by atoms with E-state index in [-0.39, 0.29) is 12.1 Å². The largest absolute Gasteiger partial charge is 0.361 e. The highest BCUT2D eigenvalue weighted by atomic mass is 35.5. The predicted molar refractivity (Wildman–Crippen MR) is 129 cm³/mol. The quantitative estimate of drug-likeness (QED) is 0.517. The first-order valence-corrected chi connectivity index (χ1v) is 11.1. The molecule has 0 N–H and O–H groups in total. The summed E-state index contributed by atoms with van der Waals surface area (Å²) in [6, 6.07) is 27.6. The molecule has 1 aliphatic rings. The van der Waals surface area contributed by atoms with Crippen LogP contribution in [0.25, 0.3) is 0 Å². The number of hydrogen-bond donors (Lipinski definition) is 0. The molecular formula is C27H22ClN5. The molecule has 1 fully saturated rings. The Morgan fingerprint density at radius 1 is 0.848 bits per heavy atom. The predicted octanol–water partition coefficient (Wildman–Crippen LogP) is 5.58. The summed E-state index contributed by atoms with van der Waals surface area (Å²) in [7, 11) is 0. The summed E-state index contributed by atoms with van der Waals surface area (Å²) >= 11 is 6.15. The number of benzene rings is 3. The van der Waals surface area contributed by atoms with Crippen LogP contribution in [0.3, 0.4) is 0 Å². The number of hydrogen-bond acceptors (Lipinski definition) is 5. The van der Waals surface area contributed by atoms with Gasteiger partial charge >= 0.3 is 0 Å². The number of halogens is 1. The van der Waals surface area contributed by atoms with Crippen molar-refractivity contribution in [3.8, 4) is 18.2 Å². The molecule has 0 bridgehead atoms. The highest BCUT2D eigenvalue weighted by molar-refractivity contribution is 6.30. The lowest BCUT2D eigenvalue weighted by molar-refractivity contribution is 0.171. The van der Waals surface area contributed by atoms with Gasteiger partial charge in [-0.2, -0.15) is 15.8 Å². The Labute approximate surface area is 199 Å². The van der Waals surface area contributed by atoms with E-state index in [4.69, 9.17) is 16.9 Å². The second-order valence-electron chi connectivity index (χ2n) is 8.12. The Balaban J connectivity index is 1.68. The van der Waals surface area contributed by atoms with Gasteiger partial charge in [-0.1, -0.05) is 35.9 Å². The van der Waals surface area contributed by atoms with Gasteiger partial charge in [0.15, 0.2) is 0 Å². The van der Waals surface area contributed by atoms with Crippen LogP contribution in [0.4, 0.5) is 5.69 Å². The summed E-state index contributed by atoms with van der Waals surface area (Å²) in [4.78, 5) is 4.68. The average Bonchev–Trinajstić information content (AvgIpc) is 2.88. The Morgan fingerprint density at radius 3 is 2.15 bits per heavy atom. The minimum atomic E-state index is 0.0110. The van der Waals surface area contributed by atoms with Crippen molar-refractivity contribution in [2.24, 2.45) is 0 Å². The van der Waals surface area contributed by atoms with Crippen molar-refractivity contribution in [1.82, 2.24) is 4.90 Å². The van der Waals surface area contributed by atoms with Crippen molar-refractivity contribution in [2.45, 2.75) is 19.0 Å². The maximum atomic E-state index is 9.76. The first kappa shape index (κ1) is 22.4. The van der Waals surface area contributed by atoms with Crippen LogP contribution in [0, 0.1) is 34.0 Å². The first-order chi connectivity index (χ1) is 16.0. The molecule has 4 rings (SSSR count). The Kier molecular flexibility index (Phi) is 6.62. The van der Waals surface area contributed by atoms with Gasteiger partial charge in [0, 0.05) is 30.7 Å². The molecule has 33 heavy (non-hydrogen) atoms. The molecule has 2 unspecified atom stereocenters. The molecule has 0 spiro atoms. The third-order valence-corrected chi connectivity index (χ3v) is 6.54. The van der Waals surface area contributed by atoms with Crippen LogP contribution in [0.5, 0.6) is 0 Å². The lowest BCUT2D eigenvalue weighted by Gasteiger charge is -2.45. The van der Waals surface area contributed by atoms with Crippen molar-refractivity contribution in [3.63, 3.8) is 0 Å². The van der Waals surface area contributed by atoms with Crippen LogP contribution in [0.15, 0.2) is 66.7 Å². The molecule has 5 nitrogen and oxygen atoms in total. The summed E-state index contributed by atoms with van der Waals surface area (Å²) in [6.07, 6.45) is 0. The summed E-state index contributed by atoms with van der Waals surface area (Å²) in [5.74, 6) is 0. The normalized spacial score (nSPS) is 16.9. The minimum Gasteiger partial charge on any atom is -0.361 e. The zero-order valence-electron chi connectivity index (χ0n) is 18.2. The van der Waals surface area contributed by atoms with Gasteiger partial charge in [-0.3, -0.25) is 4.90 Å². The van der Waals surface area contributed by atoms with Crippen molar-refractivity contribution in [3.05, 3.63) is 99.6 Å². The van der Waals surface area contributed by atoms with Crippen LogP contribution < -0.4 is 4.90 Å². The Bertz CT molecular complexity index is 1260. The molecule has 0 aromatic heterocycles. The first-order valence-electron chi connectivity index (χ1n) is 10.7. The Hall–Kier alpha value is -3.82. The van der Waals surface area contributed by atoms with Crippen LogP contribution in [0.1, 0.15) is 46.8 Å². The van der Waals surface area contributed by atoms with Crippen molar-refractivity contribution in [2.75, 3.05) is 24.5 Å². The second-order valence-corrected chi connectivity index (χ2v) is 8.56. The van der Waals surface area contributed by atoms with E-state index in [0.29, 0.717) is 21.7 Å². The van der Waals surface area contributed by atoms with Gasteiger partial charge in [-0.25, -0.2) is 0 Å². The fourth-order valence-corrected chi connectivity index (χ4v) is 4.53. The number of nitrogens with zero attached hydrogens (tertiary/aromatic N) is 5. The van der Waals surface area contributed by atoms with Crippen molar-refractivity contribution in [1.29, 1.82) is 15.8 Å². The van der Waals surface area contributed by atoms with Gasteiger partial charge in [0.05, 0.1) is 40.6 Å². The molecule has 0 amide bonds. The van der Waals surface area contributed by atoms with Crippen LogP contribution in [-0.2, 0) is 0 Å². The minimum absolute atomic E-state index is 0.0110. The zero-order valence-corrected chi connectivity index (χ0v) is 19.0. The van der Waals surface area contributed by atoms with Gasteiger partial charge in [-0.15, -0.1) is 0 Å². The van der Waals surface area contributed by atoms with E-state index in [0.717, 1.165) is 36.4 Å². The standard InChI is InChI=1S/C27H22ClN5/c1-19(22-5-2-20(15-29)3-6-22)32-12-13-33(26-11-4-21(16-30)14-24(26)17-31)27(18-32)23-7-9-25(28)10-8-23/h2-11,14,19,27H,12-13,18H2,1H3. The third-order valence-electron chi connectivity index (χ3n) is 6.29. The van der Waals surface area contributed by atoms with Gasteiger partial charge < -0.3 is 4.90 Å². The topological polar surface area (TPSA) is 77.8 Å². The van der Waals surface area contributed by atoms with E-state index in [1.54, 1.807) is 12.1 Å². The van der Waals surface area contributed by atoms with E-state index in [9.17, 15) is 10.5 Å². The molecule has 0 radical (unpaired) electrons. The molecule has 1 aliphatic heterocycles. The number of anilines is 1. The molecule has 2 atom stereocenters. The lowest BCUT2D eigenvalue weighted by atomic mass is 9.97. The summed E-state index contributed by atoms with van der Waals surface area (Å²) in [5.41, 5.74) is 4.74. The second kappa shape index (κ2) is 9.76. The molecule has 1 saturated heterocycles. The maximum absolute atomic E-state index is 9.76. The molecule has 3 aromatic rings. The molecule has 162 valence electrons. The van der Waals surface area contributed by atoms with E-state index in [1.165, 1.54) is 0 Å². The number of rotatable bonds is 4. The zero-order chi connectivity index (χ0) is 23.4. The SMILES string of the molecule is CC(c1ccc(C#N)cc1)N1CCN(c2ccc(C#N)cc2C#N)C(c2ccc(Cl)cc2)C1. The van der Waals surface area contributed by atoms with Gasteiger partial charge in [0.1, 0.15) is 6.07 Å².